The maximum absolute atomic E-state index is 13.3. The second-order valence-electron chi connectivity index (χ2n) is 8.40. The number of hydrogen-bond donors (Lipinski definition) is 2. The molecule has 1 saturated heterocycles. The quantitative estimate of drug-likeness (QED) is 0.366. The first kappa shape index (κ1) is 28.2. The van der Waals surface area contributed by atoms with E-state index < -0.39 is 63.7 Å². The van der Waals surface area contributed by atoms with Gasteiger partial charge in [-0.2, -0.15) is 17.5 Å². The summed E-state index contributed by atoms with van der Waals surface area (Å²) in [4.78, 5) is 5.62. The van der Waals surface area contributed by atoms with E-state index in [0.29, 0.717) is 31.2 Å². The highest BCUT2D eigenvalue weighted by atomic mass is 32.2. The summed E-state index contributed by atoms with van der Waals surface area (Å²) in [6.45, 7) is 14.7. The molecule has 13 heteroatoms. The minimum Gasteiger partial charge on any atom is -0.491 e. The fourth-order valence-corrected chi connectivity index (χ4v) is 5.32. The van der Waals surface area contributed by atoms with Gasteiger partial charge in [0, 0.05) is 12.1 Å². The number of rotatable bonds is 9. The zero-order valence-corrected chi connectivity index (χ0v) is 20.5. The third-order valence-corrected chi connectivity index (χ3v) is 7.66. The number of halogens is 3. The molecular weight excluding hydrogens is 515 g/mol. The summed E-state index contributed by atoms with van der Waals surface area (Å²) in [5, 5.41) is 20.9. The second-order valence-corrected chi connectivity index (χ2v) is 10.3. The lowest BCUT2D eigenvalue weighted by Gasteiger charge is -2.27. The molecule has 1 aliphatic rings. The van der Waals surface area contributed by atoms with E-state index in [1.807, 2.05) is 6.92 Å². The molecule has 2 aromatic carbocycles. The summed E-state index contributed by atoms with van der Waals surface area (Å²) in [6, 6.07) is 6.01. The van der Waals surface area contributed by atoms with Crippen LogP contribution in [0.1, 0.15) is 25.3 Å². The van der Waals surface area contributed by atoms with E-state index in [9.17, 15) is 31.8 Å². The number of nitrogens with zero attached hydrogens (tertiary/aromatic N) is 3. The van der Waals surface area contributed by atoms with Gasteiger partial charge in [0.1, 0.15) is 11.7 Å². The molecule has 0 unspecified atom stereocenters. The third-order valence-electron chi connectivity index (χ3n) is 5.80. The van der Waals surface area contributed by atoms with Crippen LogP contribution in [0.4, 0.5) is 24.5 Å². The number of benzene rings is 2. The average molecular weight is 540 g/mol. The summed E-state index contributed by atoms with van der Waals surface area (Å²) in [6.07, 6.45) is -4.51. The molecule has 9 nitrogen and oxygen atoms in total. The smallest absolute Gasteiger partial charge is 0.415 e. The monoisotopic (exact) mass is 539 g/mol. The summed E-state index contributed by atoms with van der Waals surface area (Å²) in [5.41, 5.74) is -3.71. The lowest BCUT2D eigenvalue weighted by molar-refractivity contribution is -0.137. The van der Waals surface area contributed by atoms with Crippen molar-refractivity contribution in [1.29, 1.82) is 0 Å². The average Bonchev–Trinajstić information content (AvgIpc) is 3.21. The van der Waals surface area contributed by atoms with E-state index >= 15 is 0 Å². The van der Waals surface area contributed by atoms with Crippen molar-refractivity contribution in [2.75, 3.05) is 26.3 Å². The largest absolute Gasteiger partial charge is 0.491 e. The molecule has 3 rings (SSSR count). The van der Waals surface area contributed by atoms with E-state index in [4.69, 9.17) is 22.6 Å². The Balaban J connectivity index is 1.93. The first-order chi connectivity index (χ1) is 17.4. The van der Waals surface area contributed by atoms with E-state index in [0.717, 1.165) is 10.7 Å². The Morgan fingerprint density at radius 2 is 1.89 bits per heavy atom. The number of unbranched alkanes of at least 4 members (excludes halogenated alkanes) is 1. The molecule has 0 aromatic heterocycles. The third kappa shape index (κ3) is 5.97. The van der Waals surface area contributed by atoms with Crippen LogP contribution in [0.3, 0.4) is 0 Å². The van der Waals surface area contributed by atoms with Gasteiger partial charge in [-0.3, -0.25) is 0 Å². The predicted octanol–water partition coefficient (Wildman–Crippen LogP) is 4.16. The first-order valence-electron chi connectivity index (χ1n) is 11.1. The minimum absolute atomic E-state index is 0.107. The summed E-state index contributed by atoms with van der Waals surface area (Å²) >= 11 is 0. The Morgan fingerprint density at radius 3 is 2.49 bits per heavy atom. The molecule has 0 aliphatic carbocycles. The van der Waals surface area contributed by atoms with Gasteiger partial charge in [-0.25, -0.2) is 18.1 Å². The van der Waals surface area contributed by atoms with Gasteiger partial charge in [-0.1, -0.05) is 31.5 Å². The fraction of sp³-hybridized carbons (Fsp3) is 0.417. The van der Waals surface area contributed by atoms with Crippen molar-refractivity contribution in [1.82, 2.24) is 4.31 Å². The van der Waals surface area contributed by atoms with Crippen LogP contribution in [0, 0.1) is 13.1 Å². The molecule has 2 atom stereocenters. The topological polar surface area (TPSA) is 105 Å². The van der Waals surface area contributed by atoms with Crippen molar-refractivity contribution in [3.63, 3.8) is 0 Å². The zero-order valence-electron chi connectivity index (χ0n) is 19.7. The van der Waals surface area contributed by atoms with E-state index in [1.165, 1.54) is 18.2 Å². The number of aliphatic hydroxyl groups is 2. The number of sulfonamides is 1. The minimum atomic E-state index is -4.77. The molecule has 2 aromatic rings. The van der Waals surface area contributed by atoms with Crippen LogP contribution in [0.15, 0.2) is 41.3 Å². The van der Waals surface area contributed by atoms with Crippen LogP contribution in [0.2, 0.25) is 0 Å². The maximum Gasteiger partial charge on any atom is 0.415 e. The summed E-state index contributed by atoms with van der Waals surface area (Å²) < 4.78 is 78.1. The highest BCUT2D eigenvalue weighted by Gasteiger charge is 2.51. The van der Waals surface area contributed by atoms with Gasteiger partial charge in [-0.05, 0) is 24.6 Å². The lowest BCUT2D eigenvalue weighted by atomic mass is 10.0. The van der Waals surface area contributed by atoms with Crippen LogP contribution < -0.4 is 9.47 Å². The van der Waals surface area contributed by atoms with E-state index in [2.05, 4.69) is 9.69 Å². The number of ether oxygens (including phenoxy) is 2. The van der Waals surface area contributed by atoms with Gasteiger partial charge in [0.2, 0.25) is 15.7 Å². The molecule has 198 valence electrons. The van der Waals surface area contributed by atoms with Gasteiger partial charge in [0.05, 0.1) is 37.8 Å². The van der Waals surface area contributed by atoms with Crippen molar-refractivity contribution < 1.29 is 41.3 Å². The Labute approximate surface area is 212 Å². The molecule has 0 bridgehead atoms. The molecule has 37 heavy (non-hydrogen) atoms. The first-order valence-corrected chi connectivity index (χ1v) is 12.6. The molecule has 0 spiro atoms. The Bertz CT molecular complexity index is 1340. The SMILES string of the molecule is [C-]#[N+]c1ccc(O[C@H]2CN(S(=O)(=O)c3ccc(C(F)(F)F)cc3[N+]#[C-])C[C@@]2(O)CO)c(OCCCC)c1. The van der Waals surface area contributed by atoms with Gasteiger partial charge >= 0.3 is 6.18 Å². The van der Waals surface area contributed by atoms with Crippen LogP contribution in [-0.2, 0) is 16.2 Å². The maximum atomic E-state index is 13.3. The Kier molecular flexibility index (Phi) is 8.35. The van der Waals surface area contributed by atoms with Crippen LogP contribution in [0.25, 0.3) is 9.69 Å². The molecule has 1 heterocycles. The van der Waals surface area contributed by atoms with Gasteiger partial charge in [-0.15, -0.1) is 0 Å². The number of β-amino-alcohol motifs (C(OH)–C–C–N with tert-alkyl or cyclic N) is 1. The normalized spacial score (nSPS) is 20.3. The van der Waals surface area contributed by atoms with Crippen LogP contribution >= 0.6 is 0 Å². The molecular formula is C24H24F3N3O6S. The van der Waals surface area contributed by atoms with Crippen molar-refractivity contribution in [2.24, 2.45) is 0 Å². The number of aliphatic hydroxyl groups excluding tert-OH is 1. The van der Waals surface area contributed by atoms with Crippen molar-refractivity contribution >= 4 is 21.4 Å². The van der Waals surface area contributed by atoms with Crippen molar-refractivity contribution in [3.05, 3.63) is 64.8 Å². The Morgan fingerprint density at radius 1 is 1.16 bits per heavy atom. The highest BCUT2D eigenvalue weighted by Crippen LogP contribution is 2.39. The number of alkyl halides is 3. The zero-order chi connectivity index (χ0) is 27.4. The van der Waals surface area contributed by atoms with Crippen molar-refractivity contribution in [2.45, 2.75) is 42.5 Å². The fourth-order valence-electron chi connectivity index (χ4n) is 3.70. The van der Waals surface area contributed by atoms with Gasteiger partial charge in [0.15, 0.2) is 17.2 Å². The standard InChI is InChI=1S/C24H24F3N3O6S/c1-4-5-10-35-20-12-17(28-2)7-8-19(20)36-22-13-30(14-23(22,32)15-31)37(33,34)21-9-6-16(24(25,26)27)11-18(21)29-3/h6-9,11-12,22,31-32H,4-5,10,13-15H2,1H3/t22-,23+/m0/s1. The molecule has 0 amide bonds. The highest BCUT2D eigenvalue weighted by molar-refractivity contribution is 7.89. The molecule has 0 radical (unpaired) electrons. The number of hydrogen-bond acceptors (Lipinski definition) is 6. The predicted molar refractivity (Wildman–Crippen MR) is 126 cm³/mol. The van der Waals surface area contributed by atoms with Gasteiger partial charge < -0.3 is 19.7 Å². The molecule has 2 N–H and O–H groups in total. The molecule has 1 fully saturated rings. The second kappa shape index (κ2) is 10.9. The summed E-state index contributed by atoms with van der Waals surface area (Å²) in [5.74, 6) is 0.303. The lowest BCUT2D eigenvalue weighted by Crippen LogP contribution is -2.48. The molecule has 0 saturated carbocycles. The molecule has 1 aliphatic heterocycles. The van der Waals surface area contributed by atoms with Crippen LogP contribution in [0.5, 0.6) is 11.5 Å². The van der Waals surface area contributed by atoms with E-state index in [1.54, 1.807) is 0 Å². The van der Waals surface area contributed by atoms with Crippen molar-refractivity contribution in [3.8, 4) is 11.5 Å². The van der Waals surface area contributed by atoms with E-state index in [-0.39, 0.29) is 17.2 Å². The van der Waals surface area contributed by atoms with Gasteiger partial charge in [0.25, 0.3) is 0 Å². The van der Waals surface area contributed by atoms with Crippen LogP contribution in [-0.4, -0.2) is 60.9 Å². The summed E-state index contributed by atoms with van der Waals surface area (Å²) in [7, 11) is -4.56. The Hall–Kier alpha value is -3.36.